The van der Waals surface area contributed by atoms with Crippen molar-refractivity contribution in [1.82, 2.24) is 4.31 Å². The monoisotopic (exact) mass is 512 g/mol. The van der Waals surface area contributed by atoms with Gasteiger partial charge in [-0.05, 0) is 42.0 Å². The third kappa shape index (κ3) is 5.52. The highest BCUT2D eigenvalue weighted by Gasteiger charge is 2.27. The Balaban J connectivity index is 1.88. The number of benzene rings is 3. The minimum Gasteiger partial charge on any atom is -0.322 e. The van der Waals surface area contributed by atoms with Gasteiger partial charge in [0.05, 0.1) is 17.1 Å². The summed E-state index contributed by atoms with van der Waals surface area (Å²) < 4.78 is 68.3. The van der Waals surface area contributed by atoms with Crippen molar-refractivity contribution in [2.24, 2.45) is 0 Å². The van der Waals surface area contributed by atoms with Gasteiger partial charge in [0.1, 0.15) is 0 Å². The van der Waals surface area contributed by atoms with Crippen molar-refractivity contribution in [2.75, 3.05) is 11.9 Å². The summed E-state index contributed by atoms with van der Waals surface area (Å²) in [6.07, 6.45) is 0. The van der Waals surface area contributed by atoms with E-state index in [1.165, 1.54) is 12.1 Å². The Labute approximate surface area is 185 Å². The number of carbonyl (C=O) groups is 1. The predicted molar refractivity (Wildman–Crippen MR) is 113 cm³/mol. The van der Waals surface area contributed by atoms with Crippen LogP contribution >= 0.6 is 15.9 Å². The number of hydrogen-bond acceptors (Lipinski definition) is 3. The second-order valence-electron chi connectivity index (χ2n) is 6.48. The highest BCUT2D eigenvalue weighted by atomic mass is 79.9. The Bertz CT molecular complexity index is 1190. The van der Waals surface area contributed by atoms with E-state index in [0.717, 1.165) is 14.8 Å². The number of anilines is 1. The van der Waals surface area contributed by atoms with Crippen molar-refractivity contribution in [3.63, 3.8) is 0 Å². The minimum atomic E-state index is -4.09. The van der Waals surface area contributed by atoms with E-state index in [2.05, 4.69) is 21.2 Å². The smallest absolute Gasteiger partial charge is 0.243 e. The average Bonchev–Trinajstić information content (AvgIpc) is 2.76. The summed E-state index contributed by atoms with van der Waals surface area (Å²) in [6, 6.07) is 15.8. The lowest BCUT2D eigenvalue weighted by atomic mass is 10.2. The lowest BCUT2D eigenvalue weighted by Crippen LogP contribution is -2.37. The van der Waals surface area contributed by atoms with Crippen LogP contribution in [0.1, 0.15) is 5.56 Å². The van der Waals surface area contributed by atoms with E-state index in [-0.39, 0.29) is 11.4 Å². The third-order valence-electron chi connectivity index (χ3n) is 4.28. The number of amides is 1. The first-order chi connectivity index (χ1) is 14.7. The van der Waals surface area contributed by atoms with Crippen LogP contribution in [0.3, 0.4) is 0 Å². The molecule has 0 radical (unpaired) electrons. The number of rotatable bonds is 7. The maximum absolute atomic E-state index is 13.9. The Morgan fingerprint density at radius 1 is 0.903 bits per heavy atom. The largest absolute Gasteiger partial charge is 0.322 e. The van der Waals surface area contributed by atoms with Gasteiger partial charge in [-0.1, -0.05) is 46.3 Å². The first kappa shape index (κ1) is 23.0. The van der Waals surface area contributed by atoms with Crippen molar-refractivity contribution in [3.8, 4) is 0 Å². The summed E-state index contributed by atoms with van der Waals surface area (Å²) in [4.78, 5) is 12.5. The second-order valence-corrected chi connectivity index (χ2v) is 9.34. The molecule has 5 nitrogen and oxygen atoms in total. The van der Waals surface area contributed by atoms with Gasteiger partial charge in [-0.2, -0.15) is 4.31 Å². The van der Waals surface area contributed by atoms with E-state index in [4.69, 9.17) is 0 Å². The van der Waals surface area contributed by atoms with E-state index in [9.17, 15) is 26.4 Å². The minimum absolute atomic E-state index is 0.0288. The first-order valence-corrected chi connectivity index (χ1v) is 11.1. The second kappa shape index (κ2) is 9.63. The molecule has 1 N–H and O–H groups in total. The van der Waals surface area contributed by atoms with Crippen molar-refractivity contribution >= 4 is 37.5 Å². The summed E-state index contributed by atoms with van der Waals surface area (Å²) in [6.45, 7) is -0.816. The molecule has 0 aliphatic carbocycles. The van der Waals surface area contributed by atoms with Crippen LogP contribution in [-0.4, -0.2) is 25.2 Å². The van der Waals surface area contributed by atoms with Crippen molar-refractivity contribution in [1.29, 1.82) is 0 Å². The van der Waals surface area contributed by atoms with Crippen LogP contribution in [0.2, 0.25) is 0 Å². The Morgan fingerprint density at radius 3 is 2.19 bits per heavy atom. The number of carbonyl (C=O) groups excluding carboxylic acids is 1. The quantitative estimate of drug-likeness (QED) is 0.466. The standard InChI is InChI=1S/C21H16BrF3N2O3S/c22-15-8-6-14(7-9-15)12-27(31(29,30)16-4-2-1-3-5-16)13-19(28)26-18-11-10-17(23)20(24)21(18)25/h1-11H,12-13H2,(H,26,28). The predicted octanol–water partition coefficient (Wildman–Crippen LogP) is 4.70. The van der Waals surface area contributed by atoms with Crippen molar-refractivity contribution in [3.05, 3.63) is 94.2 Å². The molecule has 3 aromatic rings. The molecule has 1 amide bonds. The lowest BCUT2D eigenvalue weighted by Gasteiger charge is -2.22. The normalized spacial score (nSPS) is 11.5. The van der Waals surface area contributed by atoms with Crippen LogP contribution in [0.15, 0.2) is 76.1 Å². The summed E-state index contributed by atoms with van der Waals surface area (Å²) in [5, 5.41) is 2.09. The fourth-order valence-electron chi connectivity index (χ4n) is 2.73. The Morgan fingerprint density at radius 2 is 1.55 bits per heavy atom. The molecule has 3 rings (SSSR count). The van der Waals surface area contributed by atoms with Gasteiger partial charge in [0.15, 0.2) is 17.5 Å². The molecule has 162 valence electrons. The van der Waals surface area contributed by atoms with Crippen LogP contribution in [0.5, 0.6) is 0 Å². The van der Waals surface area contributed by atoms with Crippen molar-refractivity contribution in [2.45, 2.75) is 11.4 Å². The Kier molecular flexibility index (Phi) is 7.14. The van der Waals surface area contributed by atoms with Gasteiger partial charge in [0, 0.05) is 11.0 Å². The van der Waals surface area contributed by atoms with Crippen LogP contribution in [-0.2, 0) is 21.4 Å². The average molecular weight is 513 g/mol. The maximum atomic E-state index is 13.9. The molecule has 0 fully saturated rings. The first-order valence-electron chi connectivity index (χ1n) is 8.91. The molecule has 0 spiro atoms. The number of nitrogens with zero attached hydrogens (tertiary/aromatic N) is 1. The molecule has 0 heterocycles. The van der Waals surface area contributed by atoms with E-state index in [0.29, 0.717) is 11.6 Å². The topological polar surface area (TPSA) is 66.5 Å². The van der Waals surface area contributed by atoms with Gasteiger partial charge in [0.2, 0.25) is 15.9 Å². The SMILES string of the molecule is O=C(CN(Cc1ccc(Br)cc1)S(=O)(=O)c1ccccc1)Nc1ccc(F)c(F)c1F. The highest BCUT2D eigenvalue weighted by molar-refractivity contribution is 9.10. The van der Waals surface area contributed by atoms with E-state index in [1.54, 1.807) is 42.5 Å². The lowest BCUT2D eigenvalue weighted by molar-refractivity contribution is -0.116. The van der Waals surface area contributed by atoms with Gasteiger partial charge < -0.3 is 5.32 Å². The summed E-state index contributed by atoms with van der Waals surface area (Å²) in [7, 11) is -4.09. The molecule has 31 heavy (non-hydrogen) atoms. The molecule has 0 bridgehead atoms. The van der Waals surface area contributed by atoms with Crippen LogP contribution in [0.4, 0.5) is 18.9 Å². The van der Waals surface area contributed by atoms with Crippen LogP contribution in [0.25, 0.3) is 0 Å². The molecular formula is C21H16BrF3N2O3S. The molecule has 0 aliphatic rings. The van der Waals surface area contributed by atoms with Gasteiger partial charge in [-0.3, -0.25) is 4.79 Å². The van der Waals surface area contributed by atoms with Crippen LogP contribution < -0.4 is 5.32 Å². The number of hydrogen-bond donors (Lipinski definition) is 1. The number of halogens is 4. The summed E-state index contributed by atoms with van der Waals surface area (Å²) in [5.74, 6) is -5.62. The molecule has 10 heteroatoms. The number of sulfonamides is 1. The zero-order valence-electron chi connectivity index (χ0n) is 15.9. The molecule has 0 unspecified atom stereocenters. The molecule has 0 aromatic heterocycles. The third-order valence-corrected chi connectivity index (χ3v) is 6.62. The van der Waals surface area contributed by atoms with Gasteiger partial charge >= 0.3 is 0 Å². The fourth-order valence-corrected chi connectivity index (χ4v) is 4.40. The maximum Gasteiger partial charge on any atom is 0.243 e. The van der Waals surface area contributed by atoms with Crippen LogP contribution in [0, 0.1) is 17.5 Å². The zero-order chi connectivity index (χ0) is 22.6. The van der Waals surface area contributed by atoms with E-state index < -0.39 is 45.6 Å². The molecule has 0 atom stereocenters. The molecule has 0 aliphatic heterocycles. The number of nitrogens with one attached hydrogen (secondary N) is 1. The summed E-state index contributed by atoms with van der Waals surface area (Å²) >= 11 is 3.29. The highest BCUT2D eigenvalue weighted by Crippen LogP contribution is 2.22. The van der Waals surface area contributed by atoms with Gasteiger partial charge in [0.25, 0.3) is 0 Å². The molecule has 0 saturated heterocycles. The van der Waals surface area contributed by atoms with E-state index in [1.807, 2.05) is 0 Å². The van der Waals surface area contributed by atoms with Gasteiger partial charge in [-0.15, -0.1) is 0 Å². The summed E-state index contributed by atoms with van der Waals surface area (Å²) in [5.41, 5.74) is 0.0131. The van der Waals surface area contributed by atoms with E-state index >= 15 is 0 Å². The zero-order valence-corrected chi connectivity index (χ0v) is 18.3. The fraction of sp³-hybridized carbons (Fsp3) is 0.0952. The van der Waals surface area contributed by atoms with Crippen molar-refractivity contribution < 1.29 is 26.4 Å². The molecule has 3 aromatic carbocycles. The Hall–Kier alpha value is -2.69. The van der Waals surface area contributed by atoms with Gasteiger partial charge in [-0.25, -0.2) is 21.6 Å². The molecular weight excluding hydrogens is 497 g/mol. The molecule has 0 saturated carbocycles.